The Hall–Kier alpha value is -2.42. The van der Waals surface area contributed by atoms with Gasteiger partial charge in [-0.15, -0.1) is 0 Å². The Labute approximate surface area is 174 Å². The van der Waals surface area contributed by atoms with Crippen LogP contribution >= 0.6 is 7.14 Å². The summed E-state index contributed by atoms with van der Waals surface area (Å²) in [6, 6.07) is 0. The molecule has 0 aromatic rings. The Morgan fingerprint density at radius 2 is 1.10 bits per heavy atom. The van der Waals surface area contributed by atoms with Crippen molar-refractivity contribution in [3.8, 4) is 0 Å². The SMILES string of the molecule is CC[P@]1(=O)[C@H](COC(C)=O)[C@@H](OC(C)=O)[C@H](OC(C)=O)[C@@H](OC(C)=O)[C@@H]1OC(C)=O. The van der Waals surface area contributed by atoms with Crippen molar-refractivity contribution < 1.29 is 52.2 Å². The van der Waals surface area contributed by atoms with Gasteiger partial charge in [-0.1, -0.05) is 6.92 Å². The van der Waals surface area contributed by atoms with Crippen LogP contribution in [0.5, 0.6) is 0 Å². The quantitative estimate of drug-likeness (QED) is 0.311. The van der Waals surface area contributed by atoms with Crippen molar-refractivity contribution in [3.63, 3.8) is 0 Å². The molecule has 1 heterocycles. The molecule has 0 N–H and O–H groups in total. The average Bonchev–Trinajstić information content (AvgIpc) is 2.59. The molecule has 12 heteroatoms. The molecule has 1 saturated heterocycles. The summed E-state index contributed by atoms with van der Waals surface area (Å²) < 4.78 is 40.1. The van der Waals surface area contributed by atoms with Crippen molar-refractivity contribution in [1.82, 2.24) is 0 Å². The van der Waals surface area contributed by atoms with Crippen LogP contribution in [0.4, 0.5) is 0 Å². The molecule has 0 aliphatic carbocycles. The van der Waals surface area contributed by atoms with Crippen molar-refractivity contribution in [3.05, 3.63) is 0 Å². The predicted molar refractivity (Wildman–Crippen MR) is 101 cm³/mol. The fraction of sp³-hybridized carbons (Fsp3) is 0.722. The van der Waals surface area contributed by atoms with Crippen LogP contribution in [0.3, 0.4) is 0 Å². The molecular weight excluding hydrogens is 423 g/mol. The second-order valence-corrected chi connectivity index (χ2v) is 10.3. The Kier molecular flexibility index (Phi) is 9.02. The number of hydrogen-bond donors (Lipinski definition) is 0. The van der Waals surface area contributed by atoms with Crippen molar-refractivity contribution >= 4 is 37.0 Å². The average molecular weight is 450 g/mol. The molecule has 1 rings (SSSR count). The minimum absolute atomic E-state index is 0.0702. The van der Waals surface area contributed by atoms with E-state index < -0.39 is 73.4 Å². The minimum atomic E-state index is -3.70. The number of carbonyl (C=O) groups is 5. The normalized spacial score (nSPS) is 30.5. The summed E-state index contributed by atoms with van der Waals surface area (Å²) >= 11 is 0. The van der Waals surface area contributed by atoms with Gasteiger partial charge in [0, 0.05) is 40.8 Å². The molecule has 1 fully saturated rings. The first-order chi connectivity index (χ1) is 13.8. The highest BCUT2D eigenvalue weighted by atomic mass is 31.2. The lowest BCUT2D eigenvalue weighted by Crippen LogP contribution is -2.61. The summed E-state index contributed by atoms with van der Waals surface area (Å²) in [7, 11) is -3.70. The number of hydrogen-bond acceptors (Lipinski definition) is 11. The van der Waals surface area contributed by atoms with E-state index in [0.717, 1.165) is 34.6 Å². The van der Waals surface area contributed by atoms with Crippen molar-refractivity contribution in [1.29, 1.82) is 0 Å². The number of ether oxygens (including phenoxy) is 5. The van der Waals surface area contributed by atoms with E-state index in [1.807, 2.05) is 0 Å². The third-order valence-corrected chi connectivity index (χ3v) is 8.26. The molecule has 1 aliphatic heterocycles. The van der Waals surface area contributed by atoms with Crippen LogP contribution in [0.2, 0.25) is 0 Å². The summed E-state index contributed by atoms with van der Waals surface area (Å²) in [5, 5.41) is 0. The summed E-state index contributed by atoms with van der Waals surface area (Å²) in [4.78, 5) is 58.4. The number of carbonyl (C=O) groups excluding carboxylic acids is 5. The highest BCUT2D eigenvalue weighted by Crippen LogP contribution is 2.62. The van der Waals surface area contributed by atoms with E-state index in [4.69, 9.17) is 23.7 Å². The summed E-state index contributed by atoms with van der Waals surface area (Å²) in [5.41, 5.74) is -1.17. The molecule has 0 amide bonds. The Bertz CT molecular complexity index is 746. The zero-order valence-electron chi connectivity index (χ0n) is 17.7. The van der Waals surface area contributed by atoms with Crippen LogP contribution in [0.25, 0.3) is 0 Å². The molecule has 0 aromatic heterocycles. The summed E-state index contributed by atoms with van der Waals surface area (Å²) in [5.74, 6) is -5.42. The van der Waals surface area contributed by atoms with E-state index in [0.29, 0.717) is 0 Å². The molecule has 1 aliphatic rings. The van der Waals surface area contributed by atoms with E-state index in [1.54, 1.807) is 6.92 Å². The lowest BCUT2D eigenvalue weighted by atomic mass is 10.0. The smallest absolute Gasteiger partial charge is 0.303 e. The monoisotopic (exact) mass is 450 g/mol. The van der Waals surface area contributed by atoms with E-state index in [-0.39, 0.29) is 6.16 Å². The molecule has 170 valence electrons. The van der Waals surface area contributed by atoms with Gasteiger partial charge in [-0.3, -0.25) is 24.0 Å². The van der Waals surface area contributed by atoms with E-state index in [1.165, 1.54) is 0 Å². The highest BCUT2D eigenvalue weighted by molar-refractivity contribution is 7.65. The first-order valence-corrected chi connectivity index (χ1v) is 11.3. The van der Waals surface area contributed by atoms with Gasteiger partial charge in [0.15, 0.2) is 24.2 Å². The first kappa shape index (κ1) is 25.6. The number of esters is 5. The molecule has 0 unspecified atom stereocenters. The van der Waals surface area contributed by atoms with Gasteiger partial charge < -0.3 is 28.2 Å². The molecule has 0 saturated carbocycles. The zero-order chi connectivity index (χ0) is 23.2. The van der Waals surface area contributed by atoms with Gasteiger partial charge in [-0.2, -0.15) is 0 Å². The Morgan fingerprint density at radius 3 is 1.50 bits per heavy atom. The van der Waals surface area contributed by atoms with Crippen LogP contribution in [-0.4, -0.2) is 72.4 Å². The van der Waals surface area contributed by atoms with Crippen molar-refractivity contribution in [2.45, 2.75) is 71.4 Å². The van der Waals surface area contributed by atoms with Gasteiger partial charge in [0.2, 0.25) is 0 Å². The van der Waals surface area contributed by atoms with Gasteiger partial charge in [0.1, 0.15) is 13.7 Å². The standard InChI is InChI=1S/C18H27O11P/c1-7-30(24)14(8-25-9(2)19)15(26-10(3)20)16(27-11(4)21)17(28-12(5)22)18(30)29-13(6)23/h14-18H,7-8H2,1-6H3/t14-,15-,16+,17-,18-,30+/m1/s1. The van der Waals surface area contributed by atoms with Crippen molar-refractivity contribution in [2.24, 2.45) is 0 Å². The second-order valence-electron chi connectivity index (χ2n) is 6.76. The van der Waals surface area contributed by atoms with E-state index >= 15 is 0 Å². The highest BCUT2D eigenvalue weighted by Gasteiger charge is 2.62. The molecule has 30 heavy (non-hydrogen) atoms. The van der Waals surface area contributed by atoms with Crippen LogP contribution < -0.4 is 0 Å². The van der Waals surface area contributed by atoms with Gasteiger partial charge in [0.05, 0.1) is 5.66 Å². The Balaban J connectivity index is 3.69. The maximum atomic E-state index is 14.0. The van der Waals surface area contributed by atoms with Crippen molar-refractivity contribution in [2.75, 3.05) is 12.8 Å². The van der Waals surface area contributed by atoms with Gasteiger partial charge in [0.25, 0.3) is 0 Å². The molecule has 0 aromatic carbocycles. The largest absolute Gasteiger partial charge is 0.465 e. The lowest BCUT2D eigenvalue weighted by molar-refractivity contribution is -0.197. The van der Waals surface area contributed by atoms with Gasteiger partial charge in [-0.25, -0.2) is 0 Å². The first-order valence-electron chi connectivity index (χ1n) is 9.24. The second kappa shape index (κ2) is 10.6. The molecule has 11 nitrogen and oxygen atoms in total. The molecule has 0 bridgehead atoms. The van der Waals surface area contributed by atoms with Gasteiger partial charge in [-0.05, 0) is 0 Å². The van der Waals surface area contributed by atoms with E-state index in [9.17, 15) is 28.5 Å². The van der Waals surface area contributed by atoms with Gasteiger partial charge >= 0.3 is 29.8 Å². The van der Waals surface area contributed by atoms with E-state index in [2.05, 4.69) is 0 Å². The fourth-order valence-electron chi connectivity index (χ4n) is 3.40. The summed E-state index contributed by atoms with van der Waals surface area (Å²) in [6.45, 7) is 6.52. The van der Waals surface area contributed by atoms with Crippen LogP contribution in [0.15, 0.2) is 0 Å². The third kappa shape index (κ3) is 6.29. The maximum absolute atomic E-state index is 14.0. The summed E-state index contributed by atoms with van der Waals surface area (Å²) in [6.07, 6.45) is -4.40. The topological polar surface area (TPSA) is 149 Å². The van der Waals surface area contributed by atoms with Crippen LogP contribution in [0.1, 0.15) is 41.5 Å². The molecular formula is C18H27O11P. The fourth-order valence-corrected chi connectivity index (χ4v) is 6.71. The predicted octanol–water partition coefficient (Wildman–Crippen LogP) is 0.999. The van der Waals surface area contributed by atoms with Crippen LogP contribution in [-0.2, 0) is 52.2 Å². The number of rotatable bonds is 7. The molecule has 6 atom stereocenters. The lowest BCUT2D eigenvalue weighted by Gasteiger charge is -2.47. The Morgan fingerprint density at radius 1 is 0.667 bits per heavy atom. The molecule has 0 radical (unpaired) electrons. The maximum Gasteiger partial charge on any atom is 0.303 e. The minimum Gasteiger partial charge on any atom is -0.465 e. The molecule has 0 spiro atoms. The zero-order valence-corrected chi connectivity index (χ0v) is 18.6. The van der Waals surface area contributed by atoms with Crippen LogP contribution in [0, 0.1) is 0 Å². The third-order valence-electron chi connectivity index (χ3n) is 4.44.